The maximum absolute atomic E-state index is 12.7. The largest absolute Gasteiger partial charge is 0.314 e. The van der Waals surface area contributed by atoms with Crippen molar-refractivity contribution in [2.24, 2.45) is 0 Å². The Morgan fingerprint density at radius 1 is 1.19 bits per heavy atom. The van der Waals surface area contributed by atoms with Crippen molar-refractivity contribution in [3.05, 3.63) is 57.5 Å². The van der Waals surface area contributed by atoms with Crippen molar-refractivity contribution in [3.8, 4) is 6.07 Å². The first-order chi connectivity index (χ1) is 12.8. The highest BCUT2D eigenvalue weighted by atomic mass is 32.2. The lowest BCUT2D eigenvalue weighted by Crippen LogP contribution is -3.14. The van der Waals surface area contributed by atoms with E-state index < -0.39 is 15.6 Å². The van der Waals surface area contributed by atoms with Gasteiger partial charge in [-0.25, -0.2) is 8.42 Å². The molecule has 0 bridgehead atoms. The van der Waals surface area contributed by atoms with E-state index in [1.54, 1.807) is 44.2 Å². The van der Waals surface area contributed by atoms with Gasteiger partial charge >= 0.3 is 0 Å². The third kappa shape index (κ3) is 3.78. The highest BCUT2D eigenvalue weighted by Crippen LogP contribution is 2.14. The van der Waals surface area contributed by atoms with E-state index >= 15 is 0 Å². The van der Waals surface area contributed by atoms with Crippen molar-refractivity contribution in [2.45, 2.75) is 25.4 Å². The Morgan fingerprint density at radius 3 is 2.41 bits per heavy atom. The zero-order valence-electron chi connectivity index (χ0n) is 15.3. The van der Waals surface area contributed by atoms with Crippen molar-refractivity contribution in [2.75, 3.05) is 26.2 Å². The van der Waals surface area contributed by atoms with Crippen LogP contribution in [0.5, 0.6) is 0 Å². The zero-order chi connectivity index (χ0) is 19.6. The van der Waals surface area contributed by atoms with Gasteiger partial charge in [0.1, 0.15) is 11.6 Å². The summed E-state index contributed by atoms with van der Waals surface area (Å²) in [5.41, 5.74) is 0.975. The lowest BCUT2D eigenvalue weighted by atomic mass is 10.1. The summed E-state index contributed by atoms with van der Waals surface area (Å²) in [4.78, 5) is 13.8. The quantitative estimate of drug-likeness (QED) is 0.745. The predicted molar refractivity (Wildman–Crippen MR) is 98.6 cm³/mol. The highest BCUT2D eigenvalue weighted by Gasteiger charge is 2.30. The summed E-state index contributed by atoms with van der Waals surface area (Å²) in [6, 6.07) is 10.3. The molecule has 8 nitrogen and oxygen atoms in total. The van der Waals surface area contributed by atoms with Crippen LogP contribution in [-0.4, -0.2) is 48.7 Å². The normalized spacial score (nSPS) is 16.2. The fourth-order valence-corrected chi connectivity index (χ4v) is 4.63. The molecule has 0 spiro atoms. The van der Waals surface area contributed by atoms with Crippen LogP contribution in [0, 0.1) is 25.2 Å². The molecule has 0 unspecified atom stereocenters. The lowest BCUT2D eigenvalue weighted by Gasteiger charge is -2.31. The Bertz CT molecular complexity index is 1030. The molecular weight excluding hydrogens is 366 g/mol. The summed E-state index contributed by atoms with van der Waals surface area (Å²) in [5.74, 6) is 0. The number of nitriles is 1. The summed E-state index contributed by atoms with van der Waals surface area (Å²) < 4.78 is 28.2. The van der Waals surface area contributed by atoms with Crippen LogP contribution in [0.2, 0.25) is 0 Å². The molecule has 1 saturated heterocycles. The van der Waals surface area contributed by atoms with Gasteiger partial charge in [-0.3, -0.25) is 4.79 Å². The van der Waals surface area contributed by atoms with E-state index in [2.05, 4.69) is 5.10 Å². The number of piperazine rings is 1. The Hall–Kier alpha value is -2.54. The SMILES string of the molecule is Cc1nn(C[NH+]2CCN(S(=O)(=O)c3ccccc3)CC2)c(=O)c(C#N)c1C. The van der Waals surface area contributed by atoms with Crippen LogP contribution in [0.25, 0.3) is 0 Å². The molecule has 1 aromatic carbocycles. The second-order valence-corrected chi connectivity index (χ2v) is 8.57. The molecule has 0 atom stereocenters. The fourth-order valence-electron chi connectivity index (χ4n) is 3.16. The summed E-state index contributed by atoms with van der Waals surface area (Å²) in [5, 5.41) is 13.5. The van der Waals surface area contributed by atoms with Gasteiger partial charge in [0.05, 0.1) is 36.8 Å². The van der Waals surface area contributed by atoms with Gasteiger partial charge in [0, 0.05) is 0 Å². The molecule has 27 heavy (non-hydrogen) atoms. The molecule has 0 aliphatic carbocycles. The maximum atomic E-state index is 12.7. The van der Waals surface area contributed by atoms with Crippen molar-refractivity contribution in [1.29, 1.82) is 5.26 Å². The van der Waals surface area contributed by atoms with Crippen LogP contribution >= 0.6 is 0 Å². The van der Waals surface area contributed by atoms with Crippen molar-refractivity contribution < 1.29 is 13.3 Å². The minimum absolute atomic E-state index is 0.118. The number of benzene rings is 1. The van der Waals surface area contributed by atoms with E-state index in [-0.39, 0.29) is 5.56 Å². The van der Waals surface area contributed by atoms with Gasteiger partial charge in [0.25, 0.3) is 5.56 Å². The van der Waals surface area contributed by atoms with E-state index in [0.717, 1.165) is 4.90 Å². The molecular formula is C18H22N5O3S+. The number of quaternary nitrogens is 1. The summed E-state index contributed by atoms with van der Waals surface area (Å²) >= 11 is 0. The molecule has 0 amide bonds. The summed E-state index contributed by atoms with van der Waals surface area (Å²) in [6.45, 7) is 5.67. The summed E-state index contributed by atoms with van der Waals surface area (Å²) in [7, 11) is -3.50. The monoisotopic (exact) mass is 388 g/mol. The Labute approximate surface area is 158 Å². The van der Waals surface area contributed by atoms with Crippen LogP contribution in [0.3, 0.4) is 0 Å². The number of nitrogens with zero attached hydrogens (tertiary/aromatic N) is 4. The number of rotatable bonds is 4. The number of sulfonamides is 1. The molecule has 2 heterocycles. The van der Waals surface area contributed by atoms with Crippen LogP contribution in [0.4, 0.5) is 0 Å². The molecule has 1 fully saturated rings. The average molecular weight is 388 g/mol. The van der Waals surface area contributed by atoms with Crippen molar-refractivity contribution in [1.82, 2.24) is 14.1 Å². The second kappa shape index (κ2) is 7.60. The maximum Gasteiger partial charge on any atom is 0.289 e. The van der Waals surface area contributed by atoms with Gasteiger partial charge in [-0.1, -0.05) is 18.2 Å². The topological polar surface area (TPSA) is 100 Å². The van der Waals surface area contributed by atoms with Gasteiger partial charge < -0.3 is 4.90 Å². The highest BCUT2D eigenvalue weighted by molar-refractivity contribution is 7.89. The molecule has 1 aliphatic heterocycles. The molecule has 9 heteroatoms. The Balaban J connectivity index is 1.72. The Kier molecular flexibility index (Phi) is 5.41. The van der Waals surface area contributed by atoms with E-state index in [9.17, 15) is 18.5 Å². The molecule has 1 aromatic heterocycles. The first-order valence-corrected chi connectivity index (χ1v) is 10.2. The lowest BCUT2D eigenvalue weighted by molar-refractivity contribution is -0.927. The molecule has 3 rings (SSSR count). The molecule has 1 N–H and O–H groups in total. The molecule has 2 aromatic rings. The average Bonchev–Trinajstić information content (AvgIpc) is 2.68. The third-order valence-corrected chi connectivity index (χ3v) is 6.85. The van der Waals surface area contributed by atoms with Crippen molar-refractivity contribution in [3.63, 3.8) is 0 Å². The van der Waals surface area contributed by atoms with Gasteiger partial charge in [-0.05, 0) is 31.5 Å². The fraction of sp³-hybridized carbons (Fsp3) is 0.389. The van der Waals surface area contributed by atoms with E-state index in [0.29, 0.717) is 49.0 Å². The smallest absolute Gasteiger partial charge is 0.289 e. The number of aromatic nitrogens is 2. The standard InChI is InChI=1S/C18H21N5O3S/c1-14-15(2)20-23(18(24)17(14)12-19)13-21-8-10-22(11-9-21)27(25,26)16-6-4-3-5-7-16/h3-7H,8-11,13H2,1-2H3/p+1. The van der Waals surface area contributed by atoms with Gasteiger partial charge in [-0.2, -0.15) is 19.3 Å². The molecule has 1 aliphatic rings. The number of hydrogen-bond acceptors (Lipinski definition) is 5. The van der Waals surface area contributed by atoms with Crippen LogP contribution < -0.4 is 10.5 Å². The second-order valence-electron chi connectivity index (χ2n) is 6.63. The zero-order valence-corrected chi connectivity index (χ0v) is 16.2. The number of nitrogens with one attached hydrogen (secondary N) is 1. The minimum Gasteiger partial charge on any atom is -0.314 e. The van der Waals surface area contributed by atoms with E-state index in [1.807, 2.05) is 6.07 Å². The van der Waals surface area contributed by atoms with Gasteiger partial charge in [0.2, 0.25) is 10.0 Å². The van der Waals surface area contributed by atoms with Gasteiger partial charge in [-0.15, -0.1) is 0 Å². The van der Waals surface area contributed by atoms with Crippen LogP contribution in [0.1, 0.15) is 16.8 Å². The summed E-state index contributed by atoms with van der Waals surface area (Å²) in [6.07, 6.45) is 0. The number of aryl methyl sites for hydroxylation is 1. The van der Waals surface area contributed by atoms with Crippen molar-refractivity contribution >= 4 is 10.0 Å². The van der Waals surface area contributed by atoms with E-state index in [1.165, 1.54) is 8.99 Å². The predicted octanol–water partition coefficient (Wildman–Crippen LogP) is -0.721. The third-order valence-electron chi connectivity index (χ3n) is 4.93. The first kappa shape index (κ1) is 19.2. The molecule has 0 radical (unpaired) electrons. The van der Waals surface area contributed by atoms with E-state index in [4.69, 9.17) is 0 Å². The van der Waals surface area contributed by atoms with Crippen LogP contribution in [-0.2, 0) is 16.7 Å². The molecule has 0 saturated carbocycles. The minimum atomic E-state index is -3.50. The molecule has 142 valence electrons. The van der Waals surface area contributed by atoms with Gasteiger partial charge in [0.15, 0.2) is 6.67 Å². The first-order valence-electron chi connectivity index (χ1n) is 8.72. The number of hydrogen-bond donors (Lipinski definition) is 1. The van der Waals surface area contributed by atoms with Crippen LogP contribution in [0.15, 0.2) is 40.0 Å². The Morgan fingerprint density at radius 2 is 1.81 bits per heavy atom.